The highest BCUT2D eigenvalue weighted by Gasteiger charge is 2.33. The minimum Gasteiger partial charge on any atom is -0.501 e. The lowest BCUT2D eigenvalue weighted by molar-refractivity contribution is 0.0655. The van der Waals surface area contributed by atoms with Crippen molar-refractivity contribution < 1.29 is 9.84 Å². The van der Waals surface area contributed by atoms with E-state index in [-0.39, 0.29) is 6.10 Å². The number of ether oxygens (including phenoxy) is 1. The fourth-order valence-corrected chi connectivity index (χ4v) is 3.41. The summed E-state index contributed by atoms with van der Waals surface area (Å²) in [5.74, 6) is 1.27. The third kappa shape index (κ3) is 3.28. The summed E-state index contributed by atoms with van der Waals surface area (Å²) in [6.07, 6.45) is 8.48. The van der Waals surface area contributed by atoms with E-state index in [1.165, 1.54) is 25.7 Å². The van der Waals surface area contributed by atoms with Gasteiger partial charge < -0.3 is 9.84 Å². The van der Waals surface area contributed by atoms with Gasteiger partial charge in [-0.25, -0.2) is 0 Å². The molecule has 0 bridgehead atoms. The summed E-state index contributed by atoms with van der Waals surface area (Å²) >= 11 is 0. The van der Waals surface area contributed by atoms with E-state index in [1.54, 1.807) is 0 Å². The van der Waals surface area contributed by atoms with Gasteiger partial charge in [0.1, 0.15) is 0 Å². The van der Waals surface area contributed by atoms with Crippen molar-refractivity contribution in [3.8, 4) is 0 Å². The first-order chi connectivity index (χ1) is 8.48. The molecular weight excluding hydrogens is 224 g/mol. The quantitative estimate of drug-likeness (QED) is 0.808. The monoisotopic (exact) mass is 252 g/mol. The molecule has 1 heterocycles. The summed E-state index contributed by atoms with van der Waals surface area (Å²) in [5.41, 5.74) is 1.55. The van der Waals surface area contributed by atoms with Crippen LogP contribution in [-0.4, -0.2) is 17.8 Å². The molecule has 0 aromatic heterocycles. The molecule has 18 heavy (non-hydrogen) atoms. The van der Waals surface area contributed by atoms with Crippen LogP contribution in [0.3, 0.4) is 0 Å². The van der Waals surface area contributed by atoms with Crippen molar-refractivity contribution in [1.29, 1.82) is 0 Å². The van der Waals surface area contributed by atoms with Crippen molar-refractivity contribution in [3.05, 3.63) is 11.8 Å². The van der Waals surface area contributed by atoms with E-state index in [2.05, 4.69) is 20.8 Å². The van der Waals surface area contributed by atoms with Crippen molar-refractivity contribution in [3.63, 3.8) is 0 Å². The largest absolute Gasteiger partial charge is 0.501 e. The fourth-order valence-electron chi connectivity index (χ4n) is 3.41. The lowest BCUT2D eigenvalue weighted by Crippen LogP contribution is -2.32. The zero-order chi connectivity index (χ0) is 13.2. The van der Waals surface area contributed by atoms with Gasteiger partial charge in [0.2, 0.25) is 0 Å². The minimum absolute atomic E-state index is 0.258. The van der Waals surface area contributed by atoms with E-state index in [0.29, 0.717) is 11.3 Å². The maximum absolute atomic E-state index is 10.4. The number of hydrogen-bond acceptors (Lipinski definition) is 2. The SMILES string of the molecule is CC(C)(C)C1CCC(C(O)C2=COCCC2)CC1. The van der Waals surface area contributed by atoms with Gasteiger partial charge in [0, 0.05) is 0 Å². The van der Waals surface area contributed by atoms with Crippen LogP contribution in [0.2, 0.25) is 0 Å². The molecule has 1 N–H and O–H groups in total. The summed E-state index contributed by atoms with van der Waals surface area (Å²) < 4.78 is 5.35. The molecule has 1 saturated carbocycles. The van der Waals surface area contributed by atoms with Crippen LogP contribution in [0.4, 0.5) is 0 Å². The Balaban J connectivity index is 1.87. The molecule has 0 spiro atoms. The third-order valence-corrected chi connectivity index (χ3v) is 4.79. The van der Waals surface area contributed by atoms with Crippen LogP contribution in [0.15, 0.2) is 11.8 Å². The fraction of sp³-hybridized carbons (Fsp3) is 0.875. The highest BCUT2D eigenvalue weighted by atomic mass is 16.5. The van der Waals surface area contributed by atoms with E-state index in [4.69, 9.17) is 4.74 Å². The van der Waals surface area contributed by atoms with Gasteiger partial charge in [-0.2, -0.15) is 0 Å². The molecule has 1 aliphatic heterocycles. The Labute approximate surface area is 111 Å². The van der Waals surface area contributed by atoms with Crippen LogP contribution in [-0.2, 0) is 4.74 Å². The van der Waals surface area contributed by atoms with Gasteiger partial charge in [0.15, 0.2) is 0 Å². The zero-order valence-electron chi connectivity index (χ0n) is 12.1. The molecule has 1 unspecified atom stereocenters. The highest BCUT2D eigenvalue weighted by Crippen LogP contribution is 2.41. The van der Waals surface area contributed by atoms with Gasteiger partial charge >= 0.3 is 0 Å². The second kappa shape index (κ2) is 5.64. The standard InChI is InChI=1S/C16H28O2/c1-16(2,3)14-8-6-12(7-9-14)15(17)13-5-4-10-18-11-13/h11-12,14-15,17H,4-10H2,1-3H3. The molecule has 1 fully saturated rings. The molecule has 104 valence electrons. The van der Waals surface area contributed by atoms with Crippen molar-refractivity contribution in [2.24, 2.45) is 17.3 Å². The molecule has 1 aliphatic carbocycles. The zero-order valence-corrected chi connectivity index (χ0v) is 12.1. The second-order valence-electron chi connectivity index (χ2n) is 7.09. The summed E-state index contributed by atoms with van der Waals surface area (Å²) in [6, 6.07) is 0. The first-order valence-electron chi connectivity index (χ1n) is 7.47. The van der Waals surface area contributed by atoms with Gasteiger partial charge in [-0.05, 0) is 61.3 Å². The van der Waals surface area contributed by atoms with Gasteiger partial charge in [-0.1, -0.05) is 20.8 Å². The van der Waals surface area contributed by atoms with Crippen LogP contribution < -0.4 is 0 Å². The Morgan fingerprint density at radius 2 is 1.89 bits per heavy atom. The minimum atomic E-state index is -0.258. The van der Waals surface area contributed by atoms with Crippen molar-refractivity contribution in [1.82, 2.24) is 0 Å². The molecule has 0 aromatic carbocycles. The first kappa shape index (κ1) is 13.9. The number of rotatable bonds is 2. The molecular formula is C16H28O2. The molecule has 1 atom stereocenters. The molecule has 2 rings (SSSR count). The maximum Gasteiger partial charge on any atom is 0.0876 e. The molecule has 0 aromatic rings. The normalized spacial score (nSPS) is 31.4. The Bertz CT molecular complexity index is 293. The lowest BCUT2D eigenvalue weighted by atomic mass is 9.68. The van der Waals surface area contributed by atoms with Gasteiger partial charge in [-0.3, -0.25) is 0 Å². The second-order valence-corrected chi connectivity index (χ2v) is 7.09. The van der Waals surface area contributed by atoms with Gasteiger partial charge in [0.05, 0.1) is 19.0 Å². The predicted octanol–water partition coefficient (Wildman–Crippen LogP) is 3.89. The smallest absolute Gasteiger partial charge is 0.0876 e. The predicted molar refractivity (Wildman–Crippen MR) is 74.2 cm³/mol. The molecule has 0 radical (unpaired) electrons. The molecule has 2 heteroatoms. The summed E-state index contributed by atoms with van der Waals surface area (Å²) in [7, 11) is 0. The first-order valence-corrected chi connectivity index (χ1v) is 7.47. The Morgan fingerprint density at radius 1 is 1.22 bits per heavy atom. The average Bonchev–Trinajstić information content (AvgIpc) is 2.38. The number of aliphatic hydroxyl groups is 1. The van der Waals surface area contributed by atoms with E-state index in [1.807, 2.05) is 6.26 Å². The summed E-state index contributed by atoms with van der Waals surface area (Å²) in [5, 5.41) is 10.4. The van der Waals surface area contributed by atoms with Crippen LogP contribution in [0.5, 0.6) is 0 Å². The summed E-state index contributed by atoms with van der Waals surface area (Å²) in [6.45, 7) is 7.83. The third-order valence-electron chi connectivity index (χ3n) is 4.79. The molecule has 2 aliphatic rings. The van der Waals surface area contributed by atoms with Crippen LogP contribution in [0, 0.1) is 17.3 Å². The van der Waals surface area contributed by atoms with Crippen LogP contribution in [0.25, 0.3) is 0 Å². The number of hydrogen-bond donors (Lipinski definition) is 1. The Kier molecular flexibility index (Phi) is 4.37. The van der Waals surface area contributed by atoms with Gasteiger partial charge in [-0.15, -0.1) is 0 Å². The highest BCUT2D eigenvalue weighted by molar-refractivity contribution is 5.09. The average molecular weight is 252 g/mol. The summed E-state index contributed by atoms with van der Waals surface area (Å²) in [4.78, 5) is 0. The van der Waals surface area contributed by atoms with E-state index in [0.717, 1.165) is 30.9 Å². The Hall–Kier alpha value is -0.500. The van der Waals surface area contributed by atoms with Crippen molar-refractivity contribution in [2.45, 2.75) is 65.4 Å². The van der Waals surface area contributed by atoms with E-state index >= 15 is 0 Å². The van der Waals surface area contributed by atoms with E-state index < -0.39 is 0 Å². The van der Waals surface area contributed by atoms with Gasteiger partial charge in [0.25, 0.3) is 0 Å². The topological polar surface area (TPSA) is 29.5 Å². The molecule has 2 nitrogen and oxygen atoms in total. The van der Waals surface area contributed by atoms with Crippen LogP contribution >= 0.6 is 0 Å². The Morgan fingerprint density at radius 3 is 2.39 bits per heavy atom. The molecule has 0 amide bonds. The lowest BCUT2D eigenvalue weighted by Gasteiger charge is -2.39. The maximum atomic E-state index is 10.4. The van der Waals surface area contributed by atoms with Crippen molar-refractivity contribution in [2.75, 3.05) is 6.61 Å². The van der Waals surface area contributed by atoms with Crippen molar-refractivity contribution >= 4 is 0 Å². The van der Waals surface area contributed by atoms with E-state index in [9.17, 15) is 5.11 Å². The molecule has 0 saturated heterocycles. The van der Waals surface area contributed by atoms with Crippen LogP contribution in [0.1, 0.15) is 59.3 Å². The number of aliphatic hydroxyl groups excluding tert-OH is 1.